The van der Waals surface area contributed by atoms with Gasteiger partial charge >= 0.3 is 17.9 Å². The van der Waals surface area contributed by atoms with Gasteiger partial charge in [0.1, 0.15) is 5.56 Å². The predicted molar refractivity (Wildman–Crippen MR) is 81.5 cm³/mol. The lowest BCUT2D eigenvalue weighted by molar-refractivity contribution is -0.385. The van der Waals surface area contributed by atoms with Crippen molar-refractivity contribution in [3.05, 3.63) is 39.9 Å². The lowest BCUT2D eigenvalue weighted by Gasteiger charge is -2.32. The third kappa shape index (κ3) is 4.09. The van der Waals surface area contributed by atoms with E-state index >= 15 is 0 Å². The largest absolute Gasteiger partial charge is 0.477 e. The van der Waals surface area contributed by atoms with E-state index in [1.165, 1.54) is 12.1 Å². The average Bonchev–Trinajstić information content (AvgIpc) is 2.59. The van der Waals surface area contributed by atoms with E-state index in [0.717, 1.165) is 18.6 Å². The Morgan fingerprint density at radius 1 is 1.24 bits per heavy atom. The molecule has 0 aromatic heterocycles. The number of rotatable bonds is 6. The van der Waals surface area contributed by atoms with Gasteiger partial charge in [0, 0.05) is 12.0 Å². The number of carboxylic acids is 1. The lowest BCUT2D eigenvalue weighted by Crippen LogP contribution is -2.49. The Labute approximate surface area is 141 Å². The van der Waals surface area contributed by atoms with E-state index in [-0.39, 0.29) is 0 Å². The number of alkyl halides is 2. The van der Waals surface area contributed by atoms with Crippen LogP contribution in [0.2, 0.25) is 0 Å². The number of ether oxygens (including phenoxy) is 1. The number of benzene rings is 1. The molecule has 0 saturated heterocycles. The fraction of sp³-hybridized carbons (Fsp3) is 0.500. The van der Waals surface area contributed by atoms with Crippen LogP contribution in [0.4, 0.5) is 14.5 Å². The molecule has 1 aromatic rings. The zero-order valence-corrected chi connectivity index (χ0v) is 13.2. The quantitative estimate of drug-likeness (QED) is 0.475. The van der Waals surface area contributed by atoms with Crippen LogP contribution < -0.4 is 0 Å². The van der Waals surface area contributed by atoms with Gasteiger partial charge in [-0.1, -0.05) is 31.4 Å². The normalized spacial score (nSPS) is 16.9. The molecule has 0 spiro atoms. The minimum Gasteiger partial charge on any atom is -0.477 e. The Morgan fingerprint density at radius 2 is 1.84 bits per heavy atom. The summed E-state index contributed by atoms with van der Waals surface area (Å²) in [6.45, 7) is 0. The first-order valence-corrected chi connectivity index (χ1v) is 7.80. The molecule has 1 atom stereocenters. The van der Waals surface area contributed by atoms with Crippen LogP contribution in [0.1, 0.15) is 42.5 Å². The molecule has 1 saturated carbocycles. The maximum absolute atomic E-state index is 14.1. The van der Waals surface area contributed by atoms with Gasteiger partial charge in [-0.15, -0.1) is 0 Å². The number of carbonyl (C=O) groups excluding carboxylic acids is 1. The van der Waals surface area contributed by atoms with Crippen LogP contribution in [-0.4, -0.2) is 34.0 Å². The van der Waals surface area contributed by atoms with E-state index in [4.69, 9.17) is 9.84 Å². The van der Waals surface area contributed by atoms with Crippen LogP contribution in [0.3, 0.4) is 0 Å². The van der Waals surface area contributed by atoms with Gasteiger partial charge in [-0.3, -0.25) is 10.1 Å². The molecule has 136 valence electrons. The highest BCUT2D eigenvalue weighted by atomic mass is 19.3. The van der Waals surface area contributed by atoms with Crippen LogP contribution in [0.25, 0.3) is 0 Å². The molecule has 0 radical (unpaired) electrons. The lowest BCUT2D eigenvalue weighted by atomic mass is 9.83. The van der Waals surface area contributed by atoms with Crippen molar-refractivity contribution in [3.63, 3.8) is 0 Å². The van der Waals surface area contributed by atoms with Gasteiger partial charge in [-0.25, -0.2) is 9.59 Å². The van der Waals surface area contributed by atoms with Gasteiger partial charge in [0.25, 0.3) is 5.69 Å². The molecule has 1 N–H and O–H groups in total. The number of carbonyl (C=O) groups is 2. The highest BCUT2D eigenvalue weighted by molar-refractivity contribution is 5.94. The summed E-state index contributed by atoms with van der Waals surface area (Å²) < 4.78 is 33.1. The van der Waals surface area contributed by atoms with Gasteiger partial charge in [0.15, 0.2) is 6.10 Å². The third-order valence-corrected chi connectivity index (χ3v) is 4.28. The van der Waals surface area contributed by atoms with Crippen molar-refractivity contribution in [2.45, 2.75) is 44.1 Å². The second kappa shape index (κ2) is 7.54. The second-order valence-electron chi connectivity index (χ2n) is 5.93. The first-order valence-electron chi connectivity index (χ1n) is 7.80. The van der Waals surface area contributed by atoms with Crippen LogP contribution in [0.15, 0.2) is 24.3 Å². The first kappa shape index (κ1) is 18.8. The van der Waals surface area contributed by atoms with Crippen LogP contribution >= 0.6 is 0 Å². The molecule has 0 heterocycles. The summed E-state index contributed by atoms with van der Waals surface area (Å²) in [5.74, 6) is -8.81. The monoisotopic (exact) mass is 357 g/mol. The summed E-state index contributed by atoms with van der Waals surface area (Å²) in [5.41, 5.74) is -1.08. The molecule has 1 aliphatic rings. The molecule has 0 bridgehead atoms. The predicted octanol–water partition coefficient (Wildman–Crippen LogP) is 3.42. The van der Waals surface area contributed by atoms with E-state index < -0.39 is 46.1 Å². The first-order chi connectivity index (χ1) is 11.7. The molecule has 2 rings (SSSR count). The Kier molecular flexibility index (Phi) is 5.66. The maximum Gasteiger partial charge on any atom is 0.378 e. The fourth-order valence-electron chi connectivity index (χ4n) is 3.01. The number of para-hydroxylation sites is 1. The molecule has 0 amide bonds. The molecule has 0 aliphatic heterocycles. The highest BCUT2D eigenvalue weighted by Crippen LogP contribution is 2.37. The van der Waals surface area contributed by atoms with Crippen molar-refractivity contribution >= 4 is 17.6 Å². The molecular formula is C16H17F2NO6. The van der Waals surface area contributed by atoms with Crippen molar-refractivity contribution < 1.29 is 33.1 Å². The maximum atomic E-state index is 14.1. The second-order valence-corrected chi connectivity index (χ2v) is 5.93. The summed E-state index contributed by atoms with van der Waals surface area (Å²) in [4.78, 5) is 33.3. The molecule has 1 aliphatic carbocycles. The summed E-state index contributed by atoms with van der Waals surface area (Å²) in [6, 6.07) is 4.77. The standard InChI is InChI=1S/C16H17F2NO6/c17-16(18,15(21)22)13(10-6-2-1-3-7-10)25-14(20)11-8-4-5-9-12(11)19(23)24/h4-5,8-10,13H,1-3,6-7H2,(H,21,22). The Morgan fingerprint density at radius 3 is 2.40 bits per heavy atom. The molecule has 9 heteroatoms. The molecule has 1 aromatic carbocycles. The highest BCUT2D eigenvalue weighted by Gasteiger charge is 2.54. The molecule has 1 unspecified atom stereocenters. The average molecular weight is 357 g/mol. The fourth-order valence-corrected chi connectivity index (χ4v) is 3.01. The van der Waals surface area contributed by atoms with Gasteiger partial charge in [-0.05, 0) is 18.9 Å². The third-order valence-electron chi connectivity index (χ3n) is 4.28. The number of nitro groups is 1. The Bertz CT molecular complexity index is 672. The number of aliphatic carboxylic acids is 1. The number of hydrogen-bond donors (Lipinski definition) is 1. The summed E-state index contributed by atoms with van der Waals surface area (Å²) in [5, 5.41) is 19.8. The van der Waals surface area contributed by atoms with Gasteiger partial charge in [-0.2, -0.15) is 8.78 Å². The van der Waals surface area contributed by atoms with Gasteiger partial charge < -0.3 is 9.84 Å². The summed E-state index contributed by atoms with van der Waals surface area (Å²) >= 11 is 0. The summed E-state index contributed by atoms with van der Waals surface area (Å²) in [6.07, 6.45) is 0.521. The topological polar surface area (TPSA) is 107 Å². The number of carboxylic acid groups (broad SMARTS) is 1. The minimum absolute atomic E-state index is 0.303. The Balaban J connectivity index is 2.31. The zero-order valence-electron chi connectivity index (χ0n) is 13.2. The van der Waals surface area contributed by atoms with Crippen molar-refractivity contribution in [2.24, 2.45) is 5.92 Å². The summed E-state index contributed by atoms with van der Waals surface area (Å²) in [7, 11) is 0. The van der Waals surface area contributed by atoms with Crippen LogP contribution in [-0.2, 0) is 9.53 Å². The Hall–Kier alpha value is -2.58. The number of nitrogens with zero attached hydrogens (tertiary/aromatic N) is 1. The van der Waals surface area contributed by atoms with Crippen LogP contribution in [0, 0.1) is 16.0 Å². The van der Waals surface area contributed by atoms with Crippen LogP contribution in [0.5, 0.6) is 0 Å². The van der Waals surface area contributed by atoms with E-state index in [1.54, 1.807) is 0 Å². The van der Waals surface area contributed by atoms with Crippen molar-refractivity contribution in [1.82, 2.24) is 0 Å². The SMILES string of the molecule is O=C(OC(C1CCCCC1)C(F)(F)C(=O)O)c1ccccc1[N+](=O)[O-]. The number of hydrogen-bond acceptors (Lipinski definition) is 5. The van der Waals surface area contributed by atoms with Gasteiger partial charge in [0.2, 0.25) is 0 Å². The molecule has 25 heavy (non-hydrogen) atoms. The van der Waals surface area contributed by atoms with E-state index in [1.807, 2.05) is 0 Å². The van der Waals surface area contributed by atoms with E-state index in [0.29, 0.717) is 25.7 Å². The zero-order chi connectivity index (χ0) is 18.6. The molecule has 7 nitrogen and oxygen atoms in total. The smallest absolute Gasteiger partial charge is 0.378 e. The minimum atomic E-state index is -4.28. The molecular weight excluding hydrogens is 340 g/mol. The van der Waals surface area contributed by atoms with Crippen molar-refractivity contribution in [1.29, 1.82) is 0 Å². The van der Waals surface area contributed by atoms with E-state index in [2.05, 4.69) is 0 Å². The molecule has 1 fully saturated rings. The van der Waals surface area contributed by atoms with Crippen molar-refractivity contribution in [3.8, 4) is 0 Å². The number of esters is 1. The van der Waals surface area contributed by atoms with Crippen molar-refractivity contribution in [2.75, 3.05) is 0 Å². The van der Waals surface area contributed by atoms with E-state index in [9.17, 15) is 28.5 Å². The van der Waals surface area contributed by atoms with Gasteiger partial charge in [0.05, 0.1) is 4.92 Å². The number of nitro benzene ring substituents is 1. The number of halogens is 2.